The van der Waals surface area contributed by atoms with Gasteiger partial charge in [0.05, 0.1) is 22.8 Å². The third-order valence-electron chi connectivity index (χ3n) is 10.8. The van der Waals surface area contributed by atoms with Crippen LogP contribution in [0.4, 0.5) is 5.13 Å². The van der Waals surface area contributed by atoms with E-state index in [1.807, 2.05) is 84.9 Å². The van der Waals surface area contributed by atoms with Crippen molar-refractivity contribution in [2.75, 3.05) is 19.0 Å². The second-order valence-electron chi connectivity index (χ2n) is 15.3. The molecule has 3 heterocycles. The lowest BCUT2D eigenvalue weighted by Gasteiger charge is -2.36. The fraction of sp³-hybridized carbons (Fsp3) is 0.234. The van der Waals surface area contributed by atoms with Crippen LogP contribution in [0.25, 0.3) is 11.1 Å². The Morgan fingerprint density at radius 1 is 0.891 bits per heavy atom. The predicted octanol–water partition coefficient (Wildman–Crippen LogP) is 8.49. The first-order valence-electron chi connectivity index (χ1n) is 20.2. The maximum absolute atomic E-state index is 14.7. The van der Waals surface area contributed by atoms with E-state index in [-0.39, 0.29) is 41.0 Å². The standard InChI is InChI=1S/C47H42Cl2N4O9S2/c1-27-46(63-47(50-27)51-28(2)54)64(57,58)53-24-35-23-42-41(61-26-43(62-42)33-14-16-36(17-15-33)60-25-30-11-18-37(48)38(49)19-30)22-34(35)21-40(53)44(55)52-39(45(56)59-3)20-29-9-12-32(13-10-29)31-7-5-4-6-8-31/h4-19,22-23,39-40,43H,20-21,24-26H2,1-3H3,(H,52,55)(H,50,51,54)/t39?,40-,43+/m0/s1. The van der Waals surface area contributed by atoms with E-state index in [0.29, 0.717) is 45.0 Å². The number of anilines is 1. The Labute approximate surface area is 384 Å². The number of fused-ring (bicyclic) bond motifs is 2. The number of hydrogen-bond donors (Lipinski definition) is 2. The van der Waals surface area contributed by atoms with Crippen LogP contribution in [-0.2, 0) is 55.1 Å². The molecular weight excluding hydrogens is 900 g/mol. The summed E-state index contributed by atoms with van der Waals surface area (Å²) in [7, 11) is -3.21. The summed E-state index contributed by atoms with van der Waals surface area (Å²) in [4.78, 5) is 43.8. The molecule has 1 unspecified atom stereocenters. The summed E-state index contributed by atoms with van der Waals surface area (Å²) < 4.78 is 54.1. The van der Waals surface area contributed by atoms with Crippen molar-refractivity contribution < 1.29 is 41.7 Å². The summed E-state index contributed by atoms with van der Waals surface area (Å²) in [6, 6.07) is 31.2. The normalized spacial score (nSPS) is 16.3. The van der Waals surface area contributed by atoms with Gasteiger partial charge in [0.25, 0.3) is 10.0 Å². The number of nitrogens with zero attached hydrogens (tertiary/aromatic N) is 2. The molecule has 5 aromatic carbocycles. The average Bonchev–Trinajstić information content (AvgIpc) is 3.67. The molecule has 1 aromatic heterocycles. The van der Waals surface area contributed by atoms with E-state index in [2.05, 4.69) is 15.6 Å². The molecule has 0 bridgehead atoms. The molecule has 0 spiro atoms. The highest BCUT2D eigenvalue weighted by Gasteiger charge is 2.43. The van der Waals surface area contributed by atoms with Crippen LogP contribution in [0.1, 0.15) is 46.5 Å². The molecule has 2 aliphatic heterocycles. The smallest absolute Gasteiger partial charge is 0.328 e. The number of carbonyl (C=O) groups is 3. The molecule has 0 fully saturated rings. The first-order valence-corrected chi connectivity index (χ1v) is 23.2. The van der Waals surface area contributed by atoms with Gasteiger partial charge in [0, 0.05) is 19.9 Å². The van der Waals surface area contributed by atoms with Gasteiger partial charge < -0.3 is 29.6 Å². The highest BCUT2D eigenvalue weighted by atomic mass is 35.5. The number of aryl methyl sites for hydroxylation is 1. The largest absolute Gasteiger partial charge is 0.489 e. The fourth-order valence-corrected chi connectivity index (χ4v) is 11.0. The van der Waals surface area contributed by atoms with E-state index in [1.165, 1.54) is 21.0 Å². The molecule has 0 aliphatic carbocycles. The van der Waals surface area contributed by atoms with Crippen molar-refractivity contribution in [2.24, 2.45) is 0 Å². The number of carbonyl (C=O) groups excluding carboxylic acids is 3. The summed E-state index contributed by atoms with van der Waals surface area (Å²) in [5.74, 6) is -0.326. The molecule has 6 aromatic rings. The van der Waals surface area contributed by atoms with Crippen molar-refractivity contribution in [3.05, 3.63) is 153 Å². The van der Waals surface area contributed by atoms with Crippen LogP contribution in [0.5, 0.6) is 17.2 Å². The van der Waals surface area contributed by atoms with Gasteiger partial charge in [-0.3, -0.25) is 9.59 Å². The van der Waals surface area contributed by atoms with Gasteiger partial charge in [0.2, 0.25) is 11.8 Å². The number of esters is 1. The number of nitrogens with one attached hydrogen (secondary N) is 2. The van der Waals surface area contributed by atoms with Gasteiger partial charge in [-0.05, 0) is 88.7 Å². The lowest BCUT2D eigenvalue weighted by atomic mass is 9.94. The molecule has 0 saturated heterocycles. The lowest BCUT2D eigenvalue weighted by molar-refractivity contribution is -0.145. The number of sulfonamides is 1. The molecule has 8 rings (SSSR count). The van der Waals surface area contributed by atoms with Crippen molar-refractivity contribution in [2.45, 2.75) is 62.2 Å². The van der Waals surface area contributed by atoms with E-state index >= 15 is 0 Å². The first kappa shape index (κ1) is 44.6. The molecule has 2 amide bonds. The second-order valence-corrected chi connectivity index (χ2v) is 19.2. The number of rotatable bonds is 13. The van der Waals surface area contributed by atoms with Crippen molar-refractivity contribution in [3.63, 3.8) is 0 Å². The maximum atomic E-state index is 14.7. The Kier molecular flexibility index (Phi) is 13.3. The number of thiazole rings is 1. The quantitative estimate of drug-likeness (QED) is 0.107. The van der Waals surface area contributed by atoms with Crippen molar-refractivity contribution in [3.8, 4) is 28.4 Å². The van der Waals surface area contributed by atoms with Gasteiger partial charge in [0.1, 0.15) is 31.0 Å². The number of benzene rings is 5. The third-order valence-corrected chi connectivity index (χ3v) is 15.1. The van der Waals surface area contributed by atoms with Gasteiger partial charge in [-0.2, -0.15) is 4.31 Å². The second kappa shape index (κ2) is 19.0. The van der Waals surface area contributed by atoms with Crippen LogP contribution in [0.3, 0.4) is 0 Å². The van der Waals surface area contributed by atoms with E-state index < -0.39 is 46.0 Å². The van der Waals surface area contributed by atoms with Gasteiger partial charge in [-0.15, -0.1) is 0 Å². The molecule has 13 nitrogen and oxygen atoms in total. The highest BCUT2D eigenvalue weighted by Crippen LogP contribution is 2.42. The molecule has 330 valence electrons. The molecule has 64 heavy (non-hydrogen) atoms. The van der Waals surface area contributed by atoms with E-state index in [0.717, 1.165) is 43.5 Å². The minimum absolute atomic E-state index is 0.0553. The highest BCUT2D eigenvalue weighted by molar-refractivity contribution is 7.91. The van der Waals surface area contributed by atoms with Crippen LogP contribution in [0, 0.1) is 6.92 Å². The van der Waals surface area contributed by atoms with Gasteiger partial charge in [0.15, 0.2) is 26.9 Å². The Morgan fingerprint density at radius 2 is 1.59 bits per heavy atom. The molecule has 17 heteroatoms. The summed E-state index contributed by atoms with van der Waals surface area (Å²) in [5, 5.41) is 6.37. The molecule has 3 atom stereocenters. The van der Waals surface area contributed by atoms with E-state index in [4.69, 9.17) is 42.1 Å². The number of methoxy groups -OCH3 is 1. The number of hydrogen-bond acceptors (Lipinski definition) is 11. The summed E-state index contributed by atoms with van der Waals surface area (Å²) in [6.45, 7) is 3.08. The number of amides is 2. The zero-order chi connectivity index (χ0) is 45.1. The van der Waals surface area contributed by atoms with Gasteiger partial charge >= 0.3 is 5.97 Å². The van der Waals surface area contributed by atoms with Crippen molar-refractivity contribution in [1.29, 1.82) is 0 Å². The number of halogens is 2. The summed E-state index contributed by atoms with van der Waals surface area (Å²) in [6.07, 6.45) is -0.458. The van der Waals surface area contributed by atoms with Crippen LogP contribution < -0.4 is 24.8 Å². The first-order chi connectivity index (χ1) is 30.7. The monoisotopic (exact) mass is 940 g/mol. The van der Waals surface area contributed by atoms with Crippen LogP contribution in [-0.4, -0.2) is 61.3 Å². The Morgan fingerprint density at radius 3 is 2.30 bits per heavy atom. The van der Waals surface area contributed by atoms with E-state index in [1.54, 1.807) is 24.3 Å². The van der Waals surface area contributed by atoms with Gasteiger partial charge in [-0.1, -0.05) is 107 Å². The Bertz CT molecular complexity index is 2820. The molecule has 2 aliphatic rings. The lowest BCUT2D eigenvalue weighted by Crippen LogP contribution is -2.56. The topological polar surface area (TPSA) is 162 Å². The third kappa shape index (κ3) is 9.88. The zero-order valence-electron chi connectivity index (χ0n) is 34.8. The molecule has 0 saturated carbocycles. The maximum Gasteiger partial charge on any atom is 0.328 e. The van der Waals surface area contributed by atoms with Gasteiger partial charge in [-0.25, -0.2) is 18.2 Å². The van der Waals surface area contributed by atoms with Crippen LogP contribution in [0.2, 0.25) is 10.0 Å². The summed E-state index contributed by atoms with van der Waals surface area (Å²) in [5.41, 5.74) is 5.87. The van der Waals surface area contributed by atoms with E-state index in [9.17, 15) is 22.8 Å². The minimum Gasteiger partial charge on any atom is -0.489 e. The minimum atomic E-state index is -4.44. The number of ether oxygens (including phenoxy) is 4. The molecular formula is C47H42Cl2N4O9S2. The zero-order valence-corrected chi connectivity index (χ0v) is 37.9. The SMILES string of the molecule is COC(=O)C(Cc1ccc(-c2ccccc2)cc1)NC(=O)[C@@H]1Cc2cc3c(cc2CN1S(=O)(=O)c1sc(NC(C)=O)nc1C)O[C@@H](c1ccc(OCc2ccc(Cl)c(Cl)c2)cc1)CO3. The Balaban J connectivity index is 1.04. The van der Waals surface area contributed by atoms with Crippen molar-refractivity contribution in [1.82, 2.24) is 14.6 Å². The summed E-state index contributed by atoms with van der Waals surface area (Å²) >= 11 is 13.0. The molecule has 2 N–H and O–H groups in total. The van der Waals surface area contributed by atoms with Crippen molar-refractivity contribution >= 4 is 67.5 Å². The van der Waals surface area contributed by atoms with Crippen LogP contribution in [0.15, 0.2) is 113 Å². The molecule has 0 radical (unpaired) electrons. The Hall–Kier alpha value is -5.97. The number of aromatic nitrogens is 1. The average molecular weight is 942 g/mol. The predicted molar refractivity (Wildman–Crippen MR) is 243 cm³/mol. The van der Waals surface area contributed by atoms with Crippen LogP contribution >= 0.6 is 34.5 Å². The fourth-order valence-electron chi connectivity index (χ4n) is 7.58.